The number of hydrogen-bond donors (Lipinski definition) is 2. The molecule has 1 atom stereocenters. The minimum Gasteiger partial charge on any atom is -0.338 e. The monoisotopic (exact) mass is 439 g/mol. The van der Waals surface area contributed by atoms with Crippen LogP contribution < -0.4 is 15.6 Å². The molecule has 160 valence electrons. The molecule has 2 heterocycles. The van der Waals surface area contributed by atoms with Crippen molar-refractivity contribution in [1.82, 2.24) is 15.0 Å². The van der Waals surface area contributed by atoms with E-state index in [1.165, 1.54) is 12.5 Å². The molecule has 1 aliphatic rings. The summed E-state index contributed by atoms with van der Waals surface area (Å²) < 4.78 is 14.1. The largest absolute Gasteiger partial charge is 0.338 e. The number of benzene rings is 2. The second-order valence-electron chi connectivity index (χ2n) is 7.32. The summed E-state index contributed by atoms with van der Waals surface area (Å²) in [5.74, 6) is 0.631. The molecule has 1 aromatic heterocycles. The minimum atomic E-state index is -0.387. The number of piperidine rings is 1. The van der Waals surface area contributed by atoms with Gasteiger partial charge in [-0.25, -0.2) is 9.82 Å². The molecule has 0 aliphatic carbocycles. The molecule has 0 unspecified atom stereocenters. The average molecular weight is 440 g/mol. The van der Waals surface area contributed by atoms with E-state index in [1.807, 2.05) is 18.2 Å². The fourth-order valence-corrected chi connectivity index (χ4v) is 3.60. The van der Waals surface area contributed by atoms with E-state index in [2.05, 4.69) is 42.6 Å². The molecular weight excluding hydrogens is 417 g/mol. The predicted molar refractivity (Wildman–Crippen MR) is 123 cm³/mol. The lowest BCUT2D eigenvalue weighted by molar-refractivity contribution is 0.477. The van der Waals surface area contributed by atoms with Gasteiger partial charge in [-0.05, 0) is 44.4 Å². The van der Waals surface area contributed by atoms with Gasteiger partial charge in [0.2, 0.25) is 17.8 Å². The number of rotatable bonds is 6. The van der Waals surface area contributed by atoms with Crippen molar-refractivity contribution in [2.75, 3.05) is 22.2 Å². The number of nitrogens with one attached hydrogen (secondary N) is 2. The maximum absolute atomic E-state index is 14.1. The van der Waals surface area contributed by atoms with Crippen molar-refractivity contribution in [3.63, 3.8) is 0 Å². The van der Waals surface area contributed by atoms with Crippen LogP contribution in [0.2, 0.25) is 5.02 Å². The van der Waals surface area contributed by atoms with Crippen LogP contribution in [0.5, 0.6) is 0 Å². The Morgan fingerprint density at radius 3 is 2.65 bits per heavy atom. The molecule has 0 amide bonds. The van der Waals surface area contributed by atoms with Crippen molar-refractivity contribution < 1.29 is 4.39 Å². The lowest BCUT2D eigenvalue weighted by Crippen LogP contribution is -2.38. The minimum absolute atomic E-state index is 0.239. The molecule has 0 bridgehead atoms. The number of nitrogens with zero attached hydrogens (tertiary/aromatic N) is 5. The number of anilines is 4. The molecule has 0 spiro atoms. The first kappa shape index (κ1) is 21.0. The summed E-state index contributed by atoms with van der Waals surface area (Å²) in [5, 5.41) is 7.75. The van der Waals surface area contributed by atoms with Crippen molar-refractivity contribution in [2.45, 2.75) is 32.2 Å². The second-order valence-corrected chi connectivity index (χ2v) is 7.72. The molecule has 1 aliphatic heterocycles. The van der Waals surface area contributed by atoms with Crippen molar-refractivity contribution in [1.29, 1.82) is 0 Å². The van der Waals surface area contributed by atoms with Gasteiger partial charge < -0.3 is 10.2 Å². The summed E-state index contributed by atoms with van der Waals surface area (Å²) in [6, 6.07) is 14.1. The first-order valence-corrected chi connectivity index (χ1v) is 10.6. The molecule has 2 N–H and O–H groups in total. The summed E-state index contributed by atoms with van der Waals surface area (Å²) in [6.45, 7) is 3.00. The molecule has 31 heavy (non-hydrogen) atoms. The number of halogens is 2. The van der Waals surface area contributed by atoms with E-state index < -0.39 is 0 Å². The van der Waals surface area contributed by atoms with Gasteiger partial charge in [-0.15, -0.1) is 0 Å². The van der Waals surface area contributed by atoms with Gasteiger partial charge in [-0.1, -0.05) is 41.9 Å². The molecule has 3 aromatic rings. The first-order valence-electron chi connectivity index (χ1n) is 10.2. The lowest BCUT2D eigenvalue weighted by Gasteiger charge is -2.33. The van der Waals surface area contributed by atoms with E-state index in [-0.39, 0.29) is 23.4 Å². The van der Waals surface area contributed by atoms with Gasteiger partial charge in [0, 0.05) is 23.2 Å². The van der Waals surface area contributed by atoms with Gasteiger partial charge in [0.05, 0.1) is 11.9 Å². The van der Waals surface area contributed by atoms with Gasteiger partial charge in [0.1, 0.15) is 5.82 Å². The second kappa shape index (κ2) is 9.70. The highest BCUT2D eigenvalue weighted by atomic mass is 35.5. The Morgan fingerprint density at radius 1 is 1.06 bits per heavy atom. The highest BCUT2D eigenvalue weighted by Crippen LogP contribution is 2.25. The summed E-state index contributed by atoms with van der Waals surface area (Å²) in [4.78, 5) is 15.6. The van der Waals surface area contributed by atoms with Crippen LogP contribution in [0.1, 0.15) is 31.7 Å². The third kappa shape index (κ3) is 5.27. The number of aromatic nitrogens is 3. The molecule has 0 radical (unpaired) electrons. The molecule has 0 saturated carbocycles. The molecule has 9 heteroatoms. The van der Waals surface area contributed by atoms with Crippen LogP contribution in [-0.4, -0.2) is 33.8 Å². The normalized spacial score (nSPS) is 16.5. The molecule has 2 aromatic carbocycles. The molecule has 1 saturated heterocycles. The first-order chi connectivity index (χ1) is 15.1. The maximum Gasteiger partial charge on any atom is 0.250 e. The summed E-state index contributed by atoms with van der Waals surface area (Å²) >= 11 is 6.17. The quantitative estimate of drug-likeness (QED) is 0.404. The lowest BCUT2D eigenvalue weighted by atomic mass is 10.0. The zero-order chi connectivity index (χ0) is 21.6. The number of hydrazone groups is 1. The van der Waals surface area contributed by atoms with Gasteiger partial charge in [0.25, 0.3) is 0 Å². The Balaban J connectivity index is 1.62. The van der Waals surface area contributed by atoms with Crippen LogP contribution in [0.25, 0.3) is 0 Å². The van der Waals surface area contributed by atoms with Crippen LogP contribution in [0.3, 0.4) is 0 Å². The van der Waals surface area contributed by atoms with E-state index in [1.54, 1.807) is 30.5 Å². The zero-order valence-electron chi connectivity index (χ0n) is 17.1. The Morgan fingerprint density at radius 2 is 1.84 bits per heavy atom. The van der Waals surface area contributed by atoms with Crippen molar-refractivity contribution >= 4 is 41.3 Å². The van der Waals surface area contributed by atoms with Crippen LogP contribution in [0.15, 0.2) is 53.6 Å². The standard InChI is InChI=1S/C22H23ClFN7/c1-15-8-6-7-13-31(15)22-28-20(26-19-12-5-4-11-18(19)24)27-21(29-22)30-25-14-16-9-2-3-10-17(16)23/h2-5,9-12,14-15H,6-8,13H2,1H3,(H2,26,27,28,29,30)/b25-14-/t15-/m1/s1. The van der Waals surface area contributed by atoms with E-state index in [9.17, 15) is 4.39 Å². The number of para-hydroxylation sites is 1. The van der Waals surface area contributed by atoms with E-state index in [0.717, 1.165) is 24.9 Å². The van der Waals surface area contributed by atoms with Crippen LogP contribution in [0, 0.1) is 5.82 Å². The highest BCUT2D eigenvalue weighted by Gasteiger charge is 2.22. The van der Waals surface area contributed by atoms with Gasteiger partial charge in [-0.3, -0.25) is 0 Å². The van der Waals surface area contributed by atoms with Crippen LogP contribution >= 0.6 is 11.6 Å². The topological polar surface area (TPSA) is 78.3 Å². The molecule has 1 fully saturated rings. The van der Waals surface area contributed by atoms with Gasteiger partial charge in [0.15, 0.2) is 0 Å². The number of hydrogen-bond acceptors (Lipinski definition) is 7. The Kier molecular flexibility index (Phi) is 6.57. The van der Waals surface area contributed by atoms with Gasteiger partial charge >= 0.3 is 0 Å². The maximum atomic E-state index is 14.1. The molecular formula is C22H23ClFN7. The predicted octanol–water partition coefficient (Wildman–Crippen LogP) is 5.23. The summed E-state index contributed by atoms with van der Waals surface area (Å²) in [5.41, 5.74) is 3.90. The van der Waals surface area contributed by atoms with Crippen LogP contribution in [0.4, 0.5) is 27.9 Å². The molecule has 7 nitrogen and oxygen atoms in total. The van der Waals surface area contributed by atoms with E-state index in [0.29, 0.717) is 17.0 Å². The van der Waals surface area contributed by atoms with Crippen molar-refractivity contribution in [2.24, 2.45) is 5.10 Å². The van der Waals surface area contributed by atoms with E-state index >= 15 is 0 Å². The SMILES string of the molecule is C[C@@H]1CCCCN1c1nc(N/N=C\c2ccccc2Cl)nc(Nc2ccccc2F)n1. The highest BCUT2D eigenvalue weighted by molar-refractivity contribution is 6.33. The fourth-order valence-electron chi connectivity index (χ4n) is 3.42. The Bertz CT molecular complexity index is 1080. The van der Waals surface area contributed by atoms with Crippen molar-refractivity contribution in [3.05, 3.63) is 64.9 Å². The fraction of sp³-hybridized carbons (Fsp3) is 0.273. The summed E-state index contributed by atoms with van der Waals surface area (Å²) in [6.07, 6.45) is 4.91. The average Bonchev–Trinajstić information content (AvgIpc) is 2.77. The van der Waals surface area contributed by atoms with Crippen LogP contribution in [-0.2, 0) is 0 Å². The third-order valence-corrected chi connectivity index (χ3v) is 5.42. The smallest absolute Gasteiger partial charge is 0.250 e. The van der Waals surface area contributed by atoms with Gasteiger partial charge in [-0.2, -0.15) is 20.1 Å². The zero-order valence-corrected chi connectivity index (χ0v) is 17.8. The Labute approximate surface area is 185 Å². The Hall–Kier alpha value is -3.26. The third-order valence-electron chi connectivity index (χ3n) is 5.08. The van der Waals surface area contributed by atoms with Crippen molar-refractivity contribution in [3.8, 4) is 0 Å². The summed E-state index contributed by atoms with van der Waals surface area (Å²) in [7, 11) is 0. The molecule has 4 rings (SSSR count). The van der Waals surface area contributed by atoms with E-state index in [4.69, 9.17) is 11.6 Å².